The summed E-state index contributed by atoms with van der Waals surface area (Å²) in [5.74, 6) is -1.97. The minimum atomic E-state index is -1.14. The number of fused-ring (bicyclic) bond motifs is 2. The van der Waals surface area contributed by atoms with E-state index in [0.29, 0.717) is 31.6 Å². The van der Waals surface area contributed by atoms with E-state index in [-0.39, 0.29) is 18.7 Å². The molecule has 1 aliphatic heterocycles. The van der Waals surface area contributed by atoms with Gasteiger partial charge in [-0.3, -0.25) is 14.4 Å². The molecule has 3 amide bonds. The van der Waals surface area contributed by atoms with Crippen LogP contribution in [0.2, 0.25) is 0 Å². The molecule has 11 nitrogen and oxygen atoms in total. The van der Waals surface area contributed by atoms with Gasteiger partial charge in [-0.25, -0.2) is 4.79 Å². The van der Waals surface area contributed by atoms with Crippen LogP contribution in [0.1, 0.15) is 30.4 Å². The van der Waals surface area contributed by atoms with Gasteiger partial charge < -0.3 is 36.3 Å². The summed E-state index contributed by atoms with van der Waals surface area (Å²) in [5.41, 5.74) is 9.96. The molecule has 12 heteroatoms. The van der Waals surface area contributed by atoms with Gasteiger partial charge in [0, 0.05) is 47.2 Å². The Morgan fingerprint density at radius 2 is 1.57 bits per heavy atom. The number of nitrogens with zero attached hydrogens (tertiary/aromatic N) is 1. The summed E-state index contributed by atoms with van der Waals surface area (Å²) >= 11 is 1.48. The maximum atomic E-state index is 13.7. The number of hydrogen-bond acceptors (Lipinski definition) is 6. The molecule has 4 aromatic rings. The molecule has 0 radical (unpaired) electrons. The summed E-state index contributed by atoms with van der Waals surface area (Å²) in [6.07, 6.45) is 7.25. The molecule has 4 atom stereocenters. The SMILES string of the molecule is CSCCC(NC(=O)C(Cc1c[nH]c2ccccc12)NC(=O)C1CCCN1C(=O)C(N)Cc1c[nH]c2ccccc12)C(=O)O. The fourth-order valence-corrected chi connectivity index (χ4v) is 6.38. The Kier molecular flexibility index (Phi) is 9.91. The van der Waals surface area contributed by atoms with Crippen LogP contribution < -0.4 is 16.4 Å². The van der Waals surface area contributed by atoms with Crippen LogP contribution in [-0.4, -0.2) is 86.4 Å². The summed E-state index contributed by atoms with van der Waals surface area (Å²) in [6.45, 7) is 0.383. The van der Waals surface area contributed by atoms with Gasteiger partial charge in [-0.05, 0) is 61.0 Å². The van der Waals surface area contributed by atoms with E-state index in [0.717, 1.165) is 32.9 Å². The Balaban J connectivity index is 1.32. The number of benzene rings is 2. The number of para-hydroxylation sites is 2. The van der Waals surface area contributed by atoms with Crippen molar-refractivity contribution < 1.29 is 24.3 Å². The third-order valence-electron chi connectivity index (χ3n) is 8.23. The molecule has 1 fully saturated rings. The molecule has 2 aromatic heterocycles. The van der Waals surface area contributed by atoms with Gasteiger partial charge >= 0.3 is 5.97 Å². The fraction of sp³-hybridized carbons (Fsp3) is 0.375. The molecule has 5 rings (SSSR count). The molecule has 1 aliphatic rings. The van der Waals surface area contributed by atoms with Gasteiger partial charge in [0.1, 0.15) is 18.1 Å². The quantitative estimate of drug-likeness (QED) is 0.134. The predicted octanol–water partition coefficient (Wildman–Crippen LogP) is 2.56. The maximum Gasteiger partial charge on any atom is 0.326 e. The third kappa shape index (κ3) is 6.92. The Morgan fingerprint density at radius 3 is 2.18 bits per heavy atom. The van der Waals surface area contributed by atoms with E-state index in [9.17, 15) is 24.3 Å². The number of carboxylic acid groups (broad SMARTS) is 1. The fourth-order valence-electron chi connectivity index (χ4n) is 5.90. The van der Waals surface area contributed by atoms with Crippen LogP contribution in [0.3, 0.4) is 0 Å². The highest BCUT2D eigenvalue weighted by Crippen LogP contribution is 2.23. The zero-order chi connectivity index (χ0) is 31.2. The number of carboxylic acids is 1. The molecule has 1 saturated heterocycles. The highest BCUT2D eigenvalue weighted by molar-refractivity contribution is 7.98. The number of H-pyrrole nitrogens is 2. The lowest BCUT2D eigenvalue weighted by molar-refractivity contribution is -0.143. The van der Waals surface area contributed by atoms with Crippen LogP contribution in [0, 0.1) is 0 Å². The summed E-state index contributed by atoms with van der Waals surface area (Å²) in [5, 5.41) is 17.1. The van der Waals surface area contributed by atoms with Crippen molar-refractivity contribution in [3.05, 3.63) is 72.1 Å². The van der Waals surface area contributed by atoms with Gasteiger partial charge in [-0.1, -0.05) is 36.4 Å². The van der Waals surface area contributed by atoms with Crippen molar-refractivity contribution in [2.45, 2.75) is 56.3 Å². The number of aromatic amines is 2. The molecule has 0 saturated carbocycles. The van der Waals surface area contributed by atoms with Crippen LogP contribution in [-0.2, 0) is 32.0 Å². The second-order valence-electron chi connectivity index (χ2n) is 11.2. The summed E-state index contributed by atoms with van der Waals surface area (Å²) in [4.78, 5) is 60.5. The number of amides is 3. The highest BCUT2D eigenvalue weighted by Gasteiger charge is 2.38. The van der Waals surface area contributed by atoms with Gasteiger partial charge in [0.15, 0.2) is 0 Å². The zero-order valence-electron chi connectivity index (χ0n) is 24.5. The number of carbonyl (C=O) groups excluding carboxylic acids is 3. The van der Waals surface area contributed by atoms with Crippen molar-refractivity contribution in [3.63, 3.8) is 0 Å². The molecule has 4 unspecified atom stereocenters. The van der Waals surface area contributed by atoms with Gasteiger partial charge in [-0.15, -0.1) is 0 Å². The predicted molar refractivity (Wildman–Crippen MR) is 171 cm³/mol. The molecule has 44 heavy (non-hydrogen) atoms. The number of nitrogens with one attached hydrogen (secondary N) is 4. The molecule has 0 aliphatic carbocycles. The van der Waals surface area contributed by atoms with Crippen molar-refractivity contribution in [1.29, 1.82) is 0 Å². The number of thioether (sulfide) groups is 1. The van der Waals surface area contributed by atoms with Gasteiger partial charge in [-0.2, -0.15) is 11.8 Å². The Bertz CT molecular complexity index is 1650. The van der Waals surface area contributed by atoms with Crippen LogP contribution in [0.5, 0.6) is 0 Å². The van der Waals surface area contributed by atoms with Crippen LogP contribution in [0.4, 0.5) is 0 Å². The van der Waals surface area contributed by atoms with E-state index in [2.05, 4.69) is 20.6 Å². The molecular formula is C32H38N6O5S. The first-order valence-electron chi connectivity index (χ1n) is 14.7. The van der Waals surface area contributed by atoms with Gasteiger partial charge in [0.2, 0.25) is 17.7 Å². The monoisotopic (exact) mass is 618 g/mol. The Labute approximate surface area is 259 Å². The van der Waals surface area contributed by atoms with Gasteiger partial charge in [0.25, 0.3) is 0 Å². The number of likely N-dealkylation sites (tertiary alicyclic amines) is 1. The number of aromatic nitrogens is 2. The number of aliphatic carboxylic acids is 1. The average Bonchev–Trinajstić information content (AvgIpc) is 3.77. The second-order valence-corrected chi connectivity index (χ2v) is 12.2. The summed E-state index contributed by atoms with van der Waals surface area (Å²) in [7, 11) is 0. The molecular weight excluding hydrogens is 580 g/mol. The summed E-state index contributed by atoms with van der Waals surface area (Å²) in [6, 6.07) is 11.6. The van der Waals surface area contributed by atoms with E-state index in [1.54, 1.807) is 6.20 Å². The lowest BCUT2D eigenvalue weighted by Crippen LogP contribution is -2.57. The van der Waals surface area contributed by atoms with Gasteiger partial charge in [0.05, 0.1) is 6.04 Å². The van der Waals surface area contributed by atoms with Crippen molar-refractivity contribution in [2.75, 3.05) is 18.6 Å². The maximum absolute atomic E-state index is 13.7. The lowest BCUT2D eigenvalue weighted by atomic mass is 10.0. The third-order valence-corrected chi connectivity index (χ3v) is 8.87. The second kappa shape index (κ2) is 14.0. The number of nitrogens with two attached hydrogens (primary N) is 1. The first-order chi connectivity index (χ1) is 21.3. The minimum Gasteiger partial charge on any atom is -0.480 e. The normalized spacial score (nSPS) is 17.0. The van der Waals surface area contributed by atoms with E-state index < -0.39 is 42.0 Å². The van der Waals surface area contributed by atoms with E-state index in [1.807, 2.05) is 61.0 Å². The van der Waals surface area contributed by atoms with Crippen LogP contribution in [0.25, 0.3) is 21.8 Å². The smallest absolute Gasteiger partial charge is 0.326 e. The van der Waals surface area contributed by atoms with E-state index in [1.165, 1.54) is 16.7 Å². The Morgan fingerprint density at radius 1 is 0.955 bits per heavy atom. The standard InChI is InChI=1S/C32H38N6O5S/c1-44-14-12-26(32(42)43)36-29(39)27(16-20-18-35-25-10-5-3-8-22(20)25)37-30(40)28-11-6-13-38(28)31(41)23(33)15-19-17-34-24-9-4-2-7-21(19)24/h2-5,7-10,17-18,23,26-28,34-35H,6,11-16,33H2,1H3,(H,36,39)(H,37,40)(H,42,43). The van der Waals surface area contributed by atoms with Crippen molar-refractivity contribution in [2.24, 2.45) is 5.73 Å². The lowest BCUT2D eigenvalue weighted by Gasteiger charge is -2.28. The Hall–Kier alpha value is -4.29. The molecule has 7 N–H and O–H groups in total. The van der Waals surface area contributed by atoms with Crippen LogP contribution >= 0.6 is 11.8 Å². The molecule has 0 bridgehead atoms. The van der Waals surface area contributed by atoms with Crippen molar-refractivity contribution in [3.8, 4) is 0 Å². The molecule has 2 aromatic carbocycles. The zero-order valence-corrected chi connectivity index (χ0v) is 25.4. The summed E-state index contributed by atoms with van der Waals surface area (Å²) < 4.78 is 0. The topological polar surface area (TPSA) is 173 Å². The molecule has 0 spiro atoms. The average molecular weight is 619 g/mol. The number of rotatable bonds is 13. The molecule has 232 valence electrons. The van der Waals surface area contributed by atoms with E-state index in [4.69, 9.17) is 5.73 Å². The highest BCUT2D eigenvalue weighted by atomic mass is 32.2. The minimum absolute atomic E-state index is 0.136. The van der Waals surface area contributed by atoms with Crippen molar-refractivity contribution in [1.82, 2.24) is 25.5 Å². The number of carbonyl (C=O) groups is 4. The first kappa shape index (κ1) is 31.1. The first-order valence-corrected chi connectivity index (χ1v) is 16.1. The van der Waals surface area contributed by atoms with Crippen molar-refractivity contribution >= 4 is 57.3 Å². The number of hydrogen-bond donors (Lipinski definition) is 6. The van der Waals surface area contributed by atoms with Crippen LogP contribution in [0.15, 0.2) is 60.9 Å². The largest absolute Gasteiger partial charge is 0.480 e. The molecule has 3 heterocycles. The van der Waals surface area contributed by atoms with E-state index >= 15 is 0 Å².